The van der Waals surface area contributed by atoms with Crippen LogP contribution in [0.2, 0.25) is 0 Å². The third-order valence-electron chi connectivity index (χ3n) is 3.40. The summed E-state index contributed by atoms with van der Waals surface area (Å²) in [5.74, 6) is -8.55. The van der Waals surface area contributed by atoms with Crippen LogP contribution < -0.4 is 0 Å². The highest BCUT2D eigenvalue weighted by molar-refractivity contribution is 6.00. The predicted octanol–water partition coefficient (Wildman–Crippen LogP) is 0.989. The summed E-state index contributed by atoms with van der Waals surface area (Å²) in [5, 5.41) is 36.8. The Labute approximate surface area is 122 Å². The Balaban J connectivity index is 2.90. The molecule has 0 aromatic heterocycles. The zero-order valence-corrected chi connectivity index (χ0v) is 10.9. The van der Waals surface area contributed by atoms with Crippen molar-refractivity contribution in [2.45, 2.75) is 11.8 Å². The molecule has 1 aliphatic rings. The van der Waals surface area contributed by atoms with Crippen molar-refractivity contribution in [3.05, 3.63) is 46.5 Å². The van der Waals surface area contributed by atoms with Crippen LogP contribution >= 0.6 is 0 Å². The number of benzene rings is 1. The lowest BCUT2D eigenvalue weighted by Gasteiger charge is -2.25. The minimum Gasteiger partial charge on any atom is -0.481 e. The van der Waals surface area contributed by atoms with Crippen molar-refractivity contribution in [2.75, 3.05) is 0 Å². The Hall–Kier alpha value is -3.16. The second-order valence-corrected chi connectivity index (χ2v) is 4.62. The lowest BCUT2D eigenvalue weighted by atomic mass is 9.77. The van der Waals surface area contributed by atoms with Gasteiger partial charge in [-0.15, -0.1) is 0 Å². The van der Waals surface area contributed by atoms with Gasteiger partial charge in [-0.25, -0.2) is 9.59 Å². The van der Waals surface area contributed by atoms with Gasteiger partial charge in [-0.3, -0.25) is 9.59 Å². The molecular weight excluding hydrogens is 296 g/mol. The van der Waals surface area contributed by atoms with Crippen LogP contribution in [-0.2, 0) is 9.59 Å². The molecule has 2 atom stereocenters. The highest BCUT2D eigenvalue weighted by atomic mass is 16.4. The van der Waals surface area contributed by atoms with Gasteiger partial charge in [0, 0.05) is 0 Å². The molecule has 4 N–H and O–H groups in total. The fourth-order valence-electron chi connectivity index (χ4n) is 2.51. The normalized spacial score (nSPS) is 19.3. The summed E-state index contributed by atoms with van der Waals surface area (Å²) in [7, 11) is 0. The largest absolute Gasteiger partial charge is 0.481 e. The first-order chi connectivity index (χ1) is 10.3. The number of hydrogen-bond acceptors (Lipinski definition) is 4. The molecule has 0 fully saturated rings. The molecule has 1 aliphatic carbocycles. The molecule has 0 spiro atoms. The molecule has 0 amide bonds. The minimum absolute atomic E-state index is 0.310. The highest BCUT2D eigenvalue weighted by Crippen LogP contribution is 2.39. The van der Waals surface area contributed by atoms with Gasteiger partial charge in [0.1, 0.15) is 11.8 Å². The van der Waals surface area contributed by atoms with E-state index in [4.69, 9.17) is 0 Å². The second-order valence-electron chi connectivity index (χ2n) is 4.62. The molecule has 0 radical (unpaired) electrons. The zero-order chi connectivity index (χ0) is 16.6. The molecule has 22 heavy (non-hydrogen) atoms. The summed E-state index contributed by atoms with van der Waals surface area (Å²) in [5.41, 5.74) is -1.48. The van der Waals surface area contributed by atoms with Gasteiger partial charge in [-0.1, -0.05) is 12.2 Å². The monoisotopic (exact) mass is 306 g/mol. The van der Waals surface area contributed by atoms with Crippen molar-refractivity contribution in [1.82, 2.24) is 0 Å². The predicted molar refractivity (Wildman–Crippen MR) is 70.3 cm³/mol. The van der Waals surface area contributed by atoms with Gasteiger partial charge in [0.15, 0.2) is 0 Å². The summed E-state index contributed by atoms with van der Waals surface area (Å²) >= 11 is 0. The zero-order valence-electron chi connectivity index (χ0n) is 10.9. The number of carboxylic acid groups (broad SMARTS) is 4. The topological polar surface area (TPSA) is 149 Å². The summed E-state index contributed by atoms with van der Waals surface area (Å²) in [4.78, 5) is 45.2. The Morgan fingerprint density at radius 1 is 0.682 bits per heavy atom. The Morgan fingerprint density at radius 3 is 1.23 bits per heavy atom. The molecule has 2 unspecified atom stereocenters. The van der Waals surface area contributed by atoms with Gasteiger partial charge in [-0.05, 0) is 23.3 Å². The average molecular weight is 306 g/mol. The quantitative estimate of drug-likeness (QED) is 0.601. The molecule has 1 aromatic rings. The minimum atomic E-state index is -1.46. The number of hydrogen-bond donors (Lipinski definition) is 4. The number of fused-ring (bicyclic) bond motifs is 1. The molecule has 114 valence electrons. The molecule has 0 heterocycles. The van der Waals surface area contributed by atoms with E-state index >= 15 is 0 Å². The molecule has 8 heteroatoms. The highest BCUT2D eigenvalue weighted by Gasteiger charge is 2.37. The third kappa shape index (κ3) is 2.30. The Morgan fingerprint density at radius 2 is 1.00 bits per heavy atom. The first-order valence-corrected chi connectivity index (χ1v) is 6.03. The number of rotatable bonds is 4. The van der Waals surface area contributed by atoms with Crippen LogP contribution in [0.3, 0.4) is 0 Å². The fourth-order valence-corrected chi connectivity index (χ4v) is 2.51. The van der Waals surface area contributed by atoms with E-state index in [0.29, 0.717) is 0 Å². The van der Waals surface area contributed by atoms with Gasteiger partial charge in [0.05, 0.1) is 11.1 Å². The summed E-state index contributed by atoms with van der Waals surface area (Å²) in [6, 6.07) is 1.94. The first kappa shape index (κ1) is 15.2. The standard InChI is InChI=1S/C14H10O8/c15-11(16)5-1-2-6(12(17)18)10-8(14(21)22)4-3-7(9(5)10)13(19)20/h1-6H,(H,15,16)(H,17,18)(H,19,20)(H,21,22). The van der Waals surface area contributed by atoms with E-state index in [1.54, 1.807) is 0 Å². The van der Waals surface area contributed by atoms with Crippen LogP contribution in [0.25, 0.3) is 0 Å². The first-order valence-electron chi connectivity index (χ1n) is 6.03. The van der Waals surface area contributed by atoms with Crippen molar-refractivity contribution in [3.8, 4) is 0 Å². The fraction of sp³-hybridized carbons (Fsp3) is 0.143. The van der Waals surface area contributed by atoms with Crippen molar-refractivity contribution < 1.29 is 39.6 Å². The SMILES string of the molecule is O=C(O)c1ccc(C(=O)O)c2c1C(C(=O)O)C=CC2C(=O)O. The van der Waals surface area contributed by atoms with Crippen molar-refractivity contribution in [2.24, 2.45) is 0 Å². The lowest BCUT2D eigenvalue weighted by Crippen LogP contribution is -2.26. The Bertz CT molecular complexity index is 670. The maximum atomic E-state index is 11.3. The van der Waals surface area contributed by atoms with E-state index in [2.05, 4.69) is 0 Å². The molecule has 0 saturated heterocycles. The van der Waals surface area contributed by atoms with Gasteiger partial charge in [-0.2, -0.15) is 0 Å². The van der Waals surface area contributed by atoms with Gasteiger partial charge in [0.2, 0.25) is 0 Å². The summed E-state index contributed by atoms with van der Waals surface area (Å²) < 4.78 is 0. The van der Waals surface area contributed by atoms with Crippen LogP contribution in [0.15, 0.2) is 24.3 Å². The number of aromatic carboxylic acids is 2. The van der Waals surface area contributed by atoms with Crippen molar-refractivity contribution in [1.29, 1.82) is 0 Å². The van der Waals surface area contributed by atoms with E-state index < -0.39 is 46.8 Å². The second kappa shape index (κ2) is 5.32. The van der Waals surface area contributed by atoms with Crippen molar-refractivity contribution >= 4 is 23.9 Å². The third-order valence-corrected chi connectivity index (χ3v) is 3.40. The maximum absolute atomic E-state index is 11.3. The van der Waals surface area contributed by atoms with E-state index in [1.165, 1.54) is 0 Å². The van der Waals surface area contributed by atoms with Gasteiger partial charge < -0.3 is 20.4 Å². The van der Waals surface area contributed by atoms with Crippen molar-refractivity contribution in [3.63, 3.8) is 0 Å². The molecule has 8 nitrogen and oxygen atoms in total. The molecule has 2 rings (SSSR count). The number of carboxylic acids is 4. The molecule has 0 saturated carbocycles. The van der Waals surface area contributed by atoms with Gasteiger partial charge >= 0.3 is 23.9 Å². The van der Waals surface area contributed by atoms with E-state index in [-0.39, 0.29) is 11.1 Å². The smallest absolute Gasteiger partial charge is 0.336 e. The van der Waals surface area contributed by atoms with Gasteiger partial charge in [0.25, 0.3) is 0 Å². The summed E-state index contributed by atoms with van der Waals surface area (Å²) in [6.07, 6.45) is 2.11. The molecule has 0 bridgehead atoms. The summed E-state index contributed by atoms with van der Waals surface area (Å²) in [6.45, 7) is 0. The molecule has 0 aliphatic heterocycles. The van der Waals surface area contributed by atoms with E-state index in [9.17, 15) is 39.6 Å². The molecular formula is C14H10O8. The Kier molecular flexibility index (Phi) is 3.68. The van der Waals surface area contributed by atoms with Crippen LogP contribution in [-0.4, -0.2) is 44.3 Å². The lowest BCUT2D eigenvalue weighted by molar-refractivity contribution is -0.139. The van der Waals surface area contributed by atoms with Crippen LogP contribution in [0.5, 0.6) is 0 Å². The van der Waals surface area contributed by atoms with E-state index in [0.717, 1.165) is 24.3 Å². The maximum Gasteiger partial charge on any atom is 0.336 e. The molecule has 1 aromatic carbocycles. The number of aliphatic carboxylic acids is 2. The van der Waals surface area contributed by atoms with Crippen LogP contribution in [0, 0.1) is 0 Å². The number of carbonyl (C=O) groups is 4. The average Bonchev–Trinajstić information content (AvgIpc) is 2.43. The van der Waals surface area contributed by atoms with Crippen LogP contribution in [0.4, 0.5) is 0 Å². The van der Waals surface area contributed by atoms with Crippen LogP contribution in [0.1, 0.15) is 43.7 Å². The van der Waals surface area contributed by atoms with E-state index in [1.807, 2.05) is 0 Å².